The largest absolute Gasteiger partial charge is 0.391 e. The van der Waals surface area contributed by atoms with E-state index >= 15 is 0 Å². The average molecular weight is 692 g/mol. The first-order valence-electron chi connectivity index (χ1n) is 17.6. The Bertz CT molecular complexity index is 1500. The molecule has 4 atom stereocenters. The van der Waals surface area contributed by atoms with Crippen molar-refractivity contribution in [1.82, 2.24) is 20.0 Å². The van der Waals surface area contributed by atoms with Crippen LogP contribution in [0.25, 0.3) is 5.57 Å². The highest BCUT2D eigenvalue weighted by Gasteiger charge is 2.43. The Balaban J connectivity index is 1.29. The molecule has 0 radical (unpaired) electrons. The third-order valence-electron chi connectivity index (χ3n) is 9.94. The number of β-amino-alcohol motifs (C(OH)–C–C–N with tert-alkyl or cyclic N) is 1. The maximum Gasteiger partial charge on any atom is 0.246 e. The number of carbonyl (C=O) groups is 3. The zero-order valence-corrected chi connectivity index (χ0v) is 30.7. The van der Waals surface area contributed by atoms with Crippen molar-refractivity contribution in [1.29, 1.82) is 0 Å². The van der Waals surface area contributed by atoms with Crippen LogP contribution in [-0.2, 0) is 14.4 Å². The molecule has 2 fully saturated rings. The zero-order chi connectivity index (χ0) is 35.8. The molecule has 1 aromatic carbocycles. The van der Waals surface area contributed by atoms with Gasteiger partial charge in [-0.25, -0.2) is 0 Å². The quantitative estimate of drug-likeness (QED) is 0.252. The van der Waals surface area contributed by atoms with Gasteiger partial charge in [0, 0.05) is 69.0 Å². The van der Waals surface area contributed by atoms with E-state index in [1.807, 2.05) is 32.9 Å². The Morgan fingerprint density at radius 3 is 2.45 bits per heavy atom. The van der Waals surface area contributed by atoms with Crippen molar-refractivity contribution in [2.45, 2.75) is 97.2 Å². The number of benzene rings is 1. The number of primary amides is 1. The molecule has 4 N–H and O–H groups in total. The minimum Gasteiger partial charge on any atom is -0.391 e. The highest BCUT2D eigenvalue weighted by atomic mass is 35.5. The van der Waals surface area contributed by atoms with Crippen molar-refractivity contribution in [3.05, 3.63) is 40.4 Å². The average Bonchev–Trinajstić information content (AvgIpc) is 3.44. The van der Waals surface area contributed by atoms with Crippen molar-refractivity contribution in [2.75, 3.05) is 46.3 Å². The summed E-state index contributed by atoms with van der Waals surface area (Å²) in [6, 6.07) is 6.49. The third kappa shape index (κ3) is 11.1. The fraction of sp³-hybridized carbons (Fsp3) is 0.615. The van der Waals surface area contributed by atoms with Crippen molar-refractivity contribution in [3.63, 3.8) is 0 Å². The second kappa shape index (κ2) is 17.1. The van der Waals surface area contributed by atoms with Gasteiger partial charge in [-0.2, -0.15) is 0 Å². The summed E-state index contributed by atoms with van der Waals surface area (Å²) in [5.74, 6) is 11.5. The van der Waals surface area contributed by atoms with E-state index in [1.165, 1.54) is 21.6 Å². The monoisotopic (exact) mass is 691 g/mol. The molecule has 266 valence electrons. The van der Waals surface area contributed by atoms with Gasteiger partial charge in [0.2, 0.25) is 17.7 Å². The van der Waals surface area contributed by atoms with Crippen LogP contribution < -0.4 is 11.1 Å². The Hall–Kier alpha value is -3.34. The number of unbranched alkanes of at least 4 members (excludes halogenated alkanes) is 2. The summed E-state index contributed by atoms with van der Waals surface area (Å²) >= 11 is 6.20. The molecule has 2 aliphatic heterocycles. The summed E-state index contributed by atoms with van der Waals surface area (Å²) in [7, 11) is 2.18. The maximum atomic E-state index is 13.4. The van der Waals surface area contributed by atoms with Gasteiger partial charge < -0.3 is 26.0 Å². The number of carbonyl (C=O) groups excluding carboxylic acids is 3. The SMILES string of the molecule is CN1CCN(CC2=C(c3ccc(Cl)cc3)CCC(C)(C#CC#CCCCCC(=O)N[C@H](C(=O)N3C[C@H](O)C[C@H]3C(N)=O)C(C)(C)C)C2)CC1. The molecule has 1 aromatic rings. The topological polar surface area (TPSA) is 119 Å². The minimum atomic E-state index is -0.876. The summed E-state index contributed by atoms with van der Waals surface area (Å²) in [6.45, 7) is 13.1. The lowest BCUT2D eigenvalue weighted by molar-refractivity contribution is -0.143. The molecule has 0 saturated carbocycles. The van der Waals surface area contributed by atoms with Crippen molar-refractivity contribution < 1.29 is 19.5 Å². The van der Waals surface area contributed by atoms with Crippen molar-refractivity contribution in [3.8, 4) is 23.7 Å². The number of nitrogens with two attached hydrogens (primary N) is 1. The lowest BCUT2D eigenvalue weighted by Gasteiger charge is -2.37. The van der Waals surface area contributed by atoms with Crippen LogP contribution in [0.2, 0.25) is 5.02 Å². The molecule has 0 aromatic heterocycles. The van der Waals surface area contributed by atoms with Gasteiger partial charge in [-0.1, -0.05) is 61.9 Å². The van der Waals surface area contributed by atoms with Gasteiger partial charge in [0.15, 0.2) is 0 Å². The second-order valence-corrected chi connectivity index (χ2v) is 15.8. The standard InChI is InChI=1S/C39H54ClN5O4/c1-38(2,3)35(37(49)45-27-31(46)24-33(45)36(41)48)42-34(47)12-10-8-6-7-9-11-18-39(4)19-17-32(28-13-15-30(40)16-14-28)29(25-39)26-44-22-20-43(5)21-23-44/h13-16,31,33,35,46H,6,8,10,12,17,19-27H2,1-5H3,(H2,41,48)(H,42,47)/t31-,33+,35-,39?/m1/s1. The maximum absolute atomic E-state index is 13.4. The summed E-state index contributed by atoms with van der Waals surface area (Å²) in [5.41, 5.74) is 8.87. The molecule has 3 aliphatic rings. The number of amides is 3. The van der Waals surface area contributed by atoms with Gasteiger partial charge in [0.05, 0.1) is 6.10 Å². The van der Waals surface area contributed by atoms with E-state index < -0.39 is 35.4 Å². The number of hydrogen-bond acceptors (Lipinski definition) is 6. The van der Waals surface area contributed by atoms with Crippen LogP contribution in [0.4, 0.5) is 0 Å². The Kier molecular flexibility index (Phi) is 13.4. The number of nitrogens with one attached hydrogen (secondary N) is 1. The van der Waals surface area contributed by atoms with Crippen molar-refractivity contribution >= 4 is 34.9 Å². The lowest BCUT2D eigenvalue weighted by Crippen LogP contribution is -2.57. The fourth-order valence-electron chi connectivity index (χ4n) is 6.94. The second-order valence-electron chi connectivity index (χ2n) is 15.3. The van der Waals surface area contributed by atoms with Gasteiger partial charge in [0.1, 0.15) is 12.1 Å². The Morgan fingerprint density at radius 1 is 1.10 bits per heavy atom. The van der Waals surface area contributed by atoms with Gasteiger partial charge >= 0.3 is 0 Å². The van der Waals surface area contributed by atoms with Gasteiger partial charge in [-0.05, 0) is 86.6 Å². The van der Waals surface area contributed by atoms with Gasteiger partial charge in [0.25, 0.3) is 0 Å². The first-order valence-corrected chi connectivity index (χ1v) is 18.0. The first-order chi connectivity index (χ1) is 23.1. The highest BCUT2D eigenvalue weighted by Crippen LogP contribution is 2.43. The number of aliphatic hydroxyl groups excluding tert-OH is 1. The van der Waals surface area contributed by atoms with Gasteiger partial charge in [-0.3, -0.25) is 19.3 Å². The number of rotatable bonds is 10. The number of halogens is 1. The van der Waals surface area contributed by atoms with Gasteiger partial charge in [-0.15, -0.1) is 0 Å². The third-order valence-corrected chi connectivity index (χ3v) is 10.2. The molecule has 0 spiro atoms. The molecule has 1 aliphatic carbocycles. The number of likely N-dealkylation sites (N-methyl/N-ethyl adjacent to an activating group) is 1. The molecule has 10 heteroatoms. The molecule has 2 heterocycles. The predicted molar refractivity (Wildman–Crippen MR) is 195 cm³/mol. The summed E-state index contributed by atoms with van der Waals surface area (Å²) in [6.07, 6.45) is 4.39. The van der Waals surface area contributed by atoms with Crippen LogP contribution in [0.1, 0.15) is 84.6 Å². The molecule has 4 rings (SSSR count). The van der Waals surface area contributed by atoms with E-state index in [0.717, 1.165) is 63.4 Å². The molecule has 3 amide bonds. The summed E-state index contributed by atoms with van der Waals surface area (Å²) in [4.78, 5) is 44.3. The van der Waals surface area contributed by atoms with E-state index in [-0.39, 0.29) is 30.7 Å². The van der Waals surface area contributed by atoms with Crippen LogP contribution in [0.3, 0.4) is 0 Å². The number of aliphatic hydroxyl groups is 1. The summed E-state index contributed by atoms with van der Waals surface area (Å²) < 4.78 is 0. The Morgan fingerprint density at radius 2 is 1.80 bits per heavy atom. The summed E-state index contributed by atoms with van der Waals surface area (Å²) in [5, 5.41) is 13.7. The molecular weight excluding hydrogens is 638 g/mol. The van der Waals surface area contributed by atoms with E-state index in [1.54, 1.807) is 0 Å². The van der Waals surface area contributed by atoms with Crippen molar-refractivity contribution in [2.24, 2.45) is 16.6 Å². The predicted octanol–water partition coefficient (Wildman–Crippen LogP) is 4.08. The Labute approximate surface area is 298 Å². The molecule has 9 nitrogen and oxygen atoms in total. The molecule has 1 unspecified atom stereocenters. The smallest absolute Gasteiger partial charge is 0.246 e. The highest BCUT2D eigenvalue weighted by molar-refractivity contribution is 6.30. The zero-order valence-electron chi connectivity index (χ0n) is 29.9. The van der Waals surface area contributed by atoms with E-state index in [0.29, 0.717) is 12.8 Å². The van der Waals surface area contributed by atoms with Crippen LogP contribution >= 0.6 is 11.6 Å². The fourth-order valence-corrected chi connectivity index (χ4v) is 7.07. The molecule has 2 saturated heterocycles. The lowest BCUT2D eigenvalue weighted by atomic mass is 9.72. The van der Waals surface area contributed by atoms with Crippen LogP contribution in [0, 0.1) is 34.5 Å². The number of likely N-dealkylation sites (tertiary alicyclic amines) is 1. The number of nitrogens with zero attached hydrogens (tertiary/aromatic N) is 3. The van der Waals surface area contributed by atoms with E-state index in [4.69, 9.17) is 17.3 Å². The molecular formula is C39H54ClN5O4. The van der Waals surface area contributed by atoms with E-state index in [9.17, 15) is 19.5 Å². The number of hydrogen-bond donors (Lipinski definition) is 3. The van der Waals surface area contributed by atoms with E-state index in [2.05, 4.69) is 64.9 Å². The van der Waals surface area contributed by atoms with Crippen LogP contribution in [0.5, 0.6) is 0 Å². The van der Waals surface area contributed by atoms with Crippen LogP contribution in [-0.4, -0.2) is 102 Å². The normalized spacial score (nSPS) is 24.0. The molecule has 0 bridgehead atoms. The van der Waals surface area contributed by atoms with Crippen LogP contribution in [0.15, 0.2) is 29.8 Å². The molecule has 49 heavy (non-hydrogen) atoms. The first kappa shape index (κ1) is 38.5. The number of piperazine rings is 1. The minimum absolute atomic E-state index is 0.0223. The number of allylic oxidation sites excluding steroid dienone is 1.